The second kappa shape index (κ2) is 11.0. The number of halogens is 1. The normalized spacial score (nSPS) is 12.3. The van der Waals surface area contributed by atoms with Crippen LogP contribution in [0.1, 0.15) is 43.1 Å². The van der Waals surface area contributed by atoms with Crippen LogP contribution in [0.15, 0.2) is 27.7 Å². The second-order valence-electron chi connectivity index (χ2n) is 5.96. The van der Waals surface area contributed by atoms with E-state index in [4.69, 9.17) is 9.26 Å². The van der Waals surface area contributed by atoms with E-state index in [9.17, 15) is 0 Å². The van der Waals surface area contributed by atoms with Crippen molar-refractivity contribution in [1.82, 2.24) is 20.8 Å². The van der Waals surface area contributed by atoms with Gasteiger partial charge in [0.1, 0.15) is 5.75 Å². The first kappa shape index (κ1) is 22.2. The molecule has 0 amide bonds. The van der Waals surface area contributed by atoms with Gasteiger partial charge in [-0.3, -0.25) is 4.99 Å². The molecule has 0 radical (unpaired) electrons. The van der Waals surface area contributed by atoms with Gasteiger partial charge in [-0.15, -0.1) is 24.0 Å². The summed E-state index contributed by atoms with van der Waals surface area (Å²) >= 11 is 0. The Morgan fingerprint density at radius 1 is 1.27 bits per heavy atom. The van der Waals surface area contributed by atoms with Crippen molar-refractivity contribution in [2.75, 3.05) is 7.05 Å². The lowest BCUT2D eigenvalue weighted by Gasteiger charge is -2.18. The number of aromatic nitrogens is 2. The van der Waals surface area contributed by atoms with E-state index in [-0.39, 0.29) is 30.1 Å². The van der Waals surface area contributed by atoms with Crippen molar-refractivity contribution in [2.24, 2.45) is 4.99 Å². The maximum atomic E-state index is 6.04. The van der Waals surface area contributed by atoms with Gasteiger partial charge in [-0.2, -0.15) is 4.98 Å². The minimum atomic E-state index is 0. The Bertz CT molecular complexity index is 717. The van der Waals surface area contributed by atoms with Gasteiger partial charge in [0.05, 0.1) is 12.6 Å². The van der Waals surface area contributed by atoms with Crippen LogP contribution in [0.3, 0.4) is 0 Å². The first-order valence-electron chi connectivity index (χ1n) is 8.51. The van der Waals surface area contributed by atoms with Crippen LogP contribution >= 0.6 is 24.0 Å². The third kappa shape index (κ3) is 6.81. The van der Waals surface area contributed by atoms with Crippen molar-refractivity contribution in [3.63, 3.8) is 0 Å². The zero-order valence-electron chi connectivity index (χ0n) is 16.0. The highest BCUT2D eigenvalue weighted by Crippen LogP contribution is 2.22. The molecular weight excluding hydrogens is 445 g/mol. The van der Waals surface area contributed by atoms with Crippen molar-refractivity contribution in [3.05, 3.63) is 41.0 Å². The summed E-state index contributed by atoms with van der Waals surface area (Å²) in [5.74, 6) is 2.71. The predicted octanol–water partition coefficient (Wildman–Crippen LogP) is 3.35. The van der Waals surface area contributed by atoms with Gasteiger partial charge >= 0.3 is 0 Å². The van der Waals surface area contributed by atoms with Crippen LogP contribution < -0.4 is 15.4 Å². The number of aliphatic imine (C=N–C) groups is 1. The molecule has 26 heavy (non-hydrogen) atoms. The number of rotatable bonds is 7. The fourth-order valence-corrected chi connectivity index (χ4v) is 2.19. The van der Waals surface area contributed by atoms with E-state index in [0.29, 0.717) is 30.8 Å². The van der Waals surface area contributed by atoms with E-state index in [1.165, 1.54) is 5.56 Å². The van der Waals surface area contributed by atoms with E-state index < -0.39 is 0 Å². The van der Waals surface area contributed by atoms with Gasteiger partial charge in [-0.1, -0.05) is 24.2 Å². The molecule has 0 bridgehead atoms. The Hall–Kier alpha value is -1.84. The van der Waals surface area contributed by atoms with Crippen molar-refractivity contribution < 1.29 is 9.26 Å². The summed E-state index contributed by atoms with van der Waals surface area (Å²) in [6.45, 7) is 9.07. The Labute approximate surface area is 172 Å². The Balaban J connectivity index is 0.00000338. The molecular formula is C18H28IN5O2. The summed E-state index contributed by atoms with van der Waals surface area (Å²) in [5.41, 5.74) is 2.27. The second-order valence-corrected chi connectivity index (χ2v) is 5.96. The molecule has 0 aliphatic rings. The molecule has 1 atom stereocenters. The summed E-state index contributed by atoms with van der Waals surface area (Å²) in [4.78, 5) is 8.37. The molecule has 8 heteroatoms. The minimum absolute atomic E-state index is 0. The predicted molar refractivity (Wildman–Crippen MR) is 113 cm³/mol. The summed E-state index contributed by atoms with van der Waals surface area (Å²) in [6, 6.07) is 6.23. The Morgan fingerprint density at radius 3 is 2.62 bits per heavy atom. The lowest BCUT2D eigenvalue weighted by Crippen LogP contribution is -2.36. The molecule has 144 valence electrons. The molecule has 1 aromatic carbocycles. The lowest BCUT2D eigenvalue weighted by molar-refractivity contribution is 0.215. The third-order valence-electron chi connectivity index (χ3n) is 3.78. The number of hydrogen-bond acceptors (Lipinski definition) is 5. The molecule has 0 fully saturated rings. The average molecular weight is 473 g/mol. The molecule has 1 heterocycles. The topological polar surface area (TPSA) is 84.6 Å². The molecule has 0 aliphatic heterocycles. The van der Waals surface area contributed by atoms with Crippen LogP contribution in [0.4, 0.5) is 0 Å². The maximum Gasteiger partial charge on any atom is 0.223 e. The molecule has 2 N–H and O–H groups in total. The highest BCUT2D eigenvalue weighted by molar-refractivity contribution is 14.0. The number of nitrogens with zero attached hydrogens (tertiary/aromatic N) is 3. The van der Waals surface area contributed by atoms with Crippen molar-refractivity contribution in [1.29, 1.82) is 0 Å². The average Bonchev–Trinajstić information content (AvgIpc) is 3.01. The maximum absolute atomic E-state index is 6.04. The molecule has 2 aromatic rings. The zero-order chi connectivity index (χ0) is 18.2. The zero-order valence-corrected chi connectivity index (χ0v) is 18.3. The molecule has 0 saturated heterocycles. The molecule has 1 aromatic heterocycles. The summed E-state index contributed by atoms with van der Waals surface area (Å²) in [5, 5.41) is 10.3. The SMILES string of the molecule is CCC(C)Oc1cc(C)ccc1CNC(=NC)NCc1noc(C)n1.I. The molecule has 2 rings (SSSR count). The van der Waals surface area contributed by atoms with Gasteiger partial charge in [0.15, 0.2) is 11.8 Å². The first-order chi connectivity index (χ1) is 12.0. The number of ether oxygens (including phenoxy) is 1. The van der Waals surface area contributed by atoms with E-state index in [0.717, 1.165) is 17.7 Å². The molecule has 0 spiro atoms. The van der Waals surface area contributed by atoms with Gasteiger partial charge in [-0.05, 0) is 31.9 Å². The number of guanidine groups is 1. The molecule has 1 unspecified atom stereocenters. The van der Waals surface area contributed by atoms with E-state index in [2.05, 4.69) is 64.7 Å². The van der Waals surface area contributed by atoms with Gasteiger partial charge in [-0.25, -0.2) is 0 Å². The highest BCUT2D eigenvalue weighted by atomic mass is 127. The van der Waals surface area contributed by atoms with E-state index in [1.807, 2.05) is 0 Å². The van der Waals surface area contributed by atoms with Gasteiger partial charge in [0.25, 0.3) is 0 Å². The van der Waals surface area contributed by atoms with Crippen LogP contribution in [-0.4, -0.2) is 29.3 Å². The van der Waals surface area contributed by atoms with Gasteiger partial charge < -0.3 is 19.9 Å². The van der Waals surface area contributed by atoms with Crippen LogP contribution in [0.5, 0.6) is 5.75 Å². The Morgan fingerprint density at radius 2 is 2.00 bits per heavy atom. The van der Waals surface area contributed by atoms with Crippen molar-refractivity contribution in [3.8, 4) is 5.75 Å². The van der Waals surface area contributed by atoms with E-state index >= 15 is 0 Å². The minimum Gasteiger partial charge on any atom is -0.490 e. The van der Waals surface area contributed by atoms with Crippen molar-refractivity contribution in [2.45, 2.75) is 53.3 Å². The largest absolute Gasteiger partial charge is 0.490 e. The van der Waals surface area contributed by atoms with Crippen LogP contribution in [-0.2, 0) is 13.1 Å². The number of hydrogen-bond donors (Lipinski definition) is 2. The summed E-state index contributed by atoms with van der Waals surface area (Å²) in [7, 11) is 1.72. The quantitative estimate of drug-likeness (QED) is 0.365. The fraction of sp³-hybridized carbons (Fsp3) is 0.500. The fourth-order valence-electron chi connectivity index (χ4n) is 2.19. The highest BCUT2D eigenvalue weighted by Gasteiger charge is 2.09. The molecule has 7 nitrogen and oxygen atoms in total. The number of aryl methyl sites for hydroxylation is 2. The number of benzene rings is 1. The standard InChI is InChI=1S/C18H27N5O2.HI/c1-6-13(3)24-16-9-12(2)7-8-15(16)10-20-18(19-5)21-11-17-22-14(4)25-23-17;/h7-9,13H,6,10-11H2,1-5H3,(H2,19,20,21);1H. The number of nitrogens with one attached hydrogen (secondary N) is 2. The van der Waals surface area contributed by atoms with Crippen LogP contribution in [0.25, 0.3) is 0 Å². The smallest absolute Gasteiger partial charge is 0.223 e. The van der Waals surface area contributed by atoms with E-state index in [1.54, 1.807) is 14.0 Å². The molecule has 0 aliphatic carbocycles. The summed E-state index contributed by atoms with van der Waals surface area (Å²) < 4.78 is 11.0. The molecule has 0 saturated carbocycles. The summed E-state index contributed by atoms with van der Waals surface area (Å²) in [6.07, 6.45) is 1.15. The van der Waals surface area contributed by atoms with Crippen LogP contribution in [0.2, 0.25) is 0 Å². The lowest BCUT2D eigenvalue weighted by atomic mass is 10.1. The first-order valence-corrected chi connectivity index (χ1v) is 8.51. The van der Waals surface area contributed by atoms with Gasteiger partial charge in [0, 0.05) is 26.1 Å². The van der Waals surface area contributed by atoms with Gasteiger partial charge in [0.2, 0.25) is 5.89 Å². The third-order valence-corrected chi connectivity index (χ3v) is 3.78. The van der Waals surface area contributed by atoms with Crippen molar-refractivity contribution >= 4 is 29.9 Å². The Kier molecular flexibility index (Phi) is 9.39. The van der Waals surface area contributed by atoms with Crippen LogP contribution in [0, 0.1) is 13.8 Å². The monoisotopic (exact) mass is 473 g/mol.